The summed E-state index contributed by atoms with van der Waals surface area (Å²) in [5.41, 5.74) is 8.09. The van der Waals surface area contributed by atoms with Crippen molar-refractivity contribution in [2.24, 2.45) is 0 Å². The largest absolute Gasteiger partial charge is 0.339 e. The molecular weight excluding hydrogens is 629 g/mol. The number of amides is 2. The third-order valence-corrected chi connectivity index (χ3v) is 10.2. The van der Waals surface area contributed by atoms with Crippen molar-refractivity contribution in [2.45, 2.75) is 50.9 Å². The van der Waals surface area contributed by atoms with Crippen LogP contribution in [0.1, 0.15) is 47.7 Å². The standard InChI is InChI=1S/C40H40N6O2S/c1-28-11-10-12-30(25-28)27-46-35-16-7-6-15-34(35)37-38(46)41-40(43-42-37)49-24-9-8-17-36(47)44-22-23-45(29(2)26-44)39(48)33-20-18-32(19-21-33)31-13-4-3-5-14-31/h3-7,10-16,18-21,25,29H,8-9,17,22-24,26-27H2,1-2H3. The molecule has 0 radical (unpaired) electrons. The highest BCUT2D eigenvalue weighted by molar-refractivity contribution is 7.99. The van der Waals surface area contributed by atoms with Crippen LogP contribution in [0.25, 0.3) is 33.2 Å². The van der Waals surface area contributed by atoms with Crippen molar-refractivity contribution < 1.29 is 9.59 Å². The first kappa shape index (κ1) is 32.5. The molecule has 1 aliphatic heterocycles. The molecule has 8 nitrogen and oxygen atoms in total. The first-order valence-corrected chi connectivity index (χ1v) is 18.0. The highest BCUT2D eigenvalue weighted by Crippen LogP contribution is 2.29. The number of hydrogen-bond donors (Lipinski definition) is 0. The van der Waals surface area contributed by atoms with Crippen molar-refractivity contribution in [3.8, 4) is 11.1 Å². The SMILES string of the molecule is Cc1cccc(Cn2c3ccccc3c3nnc(SCCCCC(=O)N4CCN(C(=O)c5ccc(-c6ccccc6)cc5)C(C)C4)nc32)c1. The number of hydrogen-bond acceptors (Lipinski definition) is 6. The van der Waals surface area contributed by atoms with Crippen LogP contribution in [-0.4, -0.2) is 72.8 Å². The van der Waals surface area contributed by atoms with Gasteiger partial charge < -0.3 is 14.4 Å². The van der Waals surface area contributed by atoms with Gasteiger partial charge in [-0.2, -0.15) is 0 Å². The van der Waals surface area contributed by atoms with Crippen LogP contribution in [0.3, 0.4) is 0 Å². The minimum Gasteiger partial charge on any atom is -0.339 e. The number of carbonyl (C=O) groups is 2. The third kappa shape index (κ3) is 7.22. The number of thioether (sulfide) groups is 1. The zero-order valence-corrected chi connectivity index (χ0v) is 28.8. The fourth-order valence-corrected chi connectivity index (χ4v) is 7.47. The van der Waals surface area contributed by atoms with Gasteiger partial charge >= 0.3 is 0 Å². The highest BCUT2D eigenvalue weighted by Gasteiger charge is 2.30. The Labute approximate surface area is 291 Å². The van der Waals surface area contributed by atoms with Crippen molar-refractivity contribution in [3.63, 3.8) is 0 Å². The van der Waals surface area contributed by atoms with E-state index in [2.05, 4.69) is 70.2 Å². The number of nitrogens with zero attached hydrogens (tertiary/aromatic N) is 6. The van der Waals surface area contributed by atoms with Gasteiger partial charge in [-0.05, 0) is 61.6 Å². The van der Waals surface area contributed by atoms with Crippen LogP contribution in [0.15, 0.2) is 108 Å². The zero-order chi connectivity index (χ0) is 33.7. The Kier molecular flexibility index (Phi) is 9.70. The summed E-state index contributed by atoms with van der Waals surface area (Å²) in [5.74, 6) is 0.971. The topological polar surface area (TPSA) is 84.2 Å². The van der Waals surface area contributed by atoms with Crippen LogP contribution in [0.4, 0.5) is 0 Å². The predicted molar refractivity (Wildman–Crippen MR) is 197 cm³/mol. The summed E-state index contributed by atoms with van der Waals surface area (Å²) in [4.78, 5) is 35.2. The Morgan fingerprint density at radius 2 is 1.61 bits per heavy atom. The Balaban J connectivity index is 0.902. The third-order valence-electron chi connectivity index (χ3n) is 9.27. The Morgan fingerprint density at radius 3 is 2.41 bits per heavy atom. The maximum absolute atomic E-state index is 13.3. The van der Waals surface area contributed by atoms with Crippen LogP contribution >= 0.6 is 11.8 Å². The van der Waals surface area contributed by atoms with E-state index in [9.17, 15) is 9.59 Å². The van der Waals surface area contributed by atoms with Crippen molar-refractivity contribution in [1.29, 1.82) is 0 Å². The molecule has 1 fully saturated rings. The van der Waals surface area contributed by atoms with Gasteiger partial charge in [0.25, 0.3) is 5.91 Å². The van der Waals surface area contributed by atoms with E-state index in [1.807, 2.05) is 71.3 Å². The number of aromatic nitrogens is 4. The number of unbranched alkanes of at least 4 members (excludes halogenated alkanes) is 1. The molecule has 0 aliphatic carbocycles. The van der Waals surface area contributed by atoms with Gasteiger partial charge in [-0.3, -0.25) is 9.59 Å². The molecule has 1 unspecified atom stereocenters. The van der Waals surface area contributed by atoms with Gasteiger partial charge in [0.2, 0.25) is 11.1 Å². The molecule has 49 heavy (non-hydrogen) atoms. The van der Waals surface area contributed by atoms with E-state index >= 15 is 0 Å². The number of carbonyl (C=O) groups excluding carboxylic acids is 2. The van der Waals surface area contributed by atoms with Crippen molar-refractivity contribution in [2.75, 3.05) is 25.4 Å². The number of rotatable bonds is 10. The molecular formula is C40H40N6O2S. The van der Waals surface area contributed by atoms with E-state index < -0.39 is 0 Å². The molecule has 0 spiro atoms. The maximum Gasteiger partial charge on any atom is 0.254 e. The lowest BCUT2D eigenvalue weighted by Crippen LogP contribution is -2.55. The molecule has 0 saturated carbocycles. The summed E-state index contributed by atoms with van der Waals surface area (Å²) >= 11 is 1.58. The van der Waals surface area contributed by atoms with E-state index in [4.69, 9.17) is 4.98 Å². The summed E-state index contributed by atoms with van der Waals surface area (Å²) < 4.78 is 2.23. The first-order chi connectivity index (χ1) is 23.9. The summed E-state index contributed by atoms with van der Waals surface area (Å²) in [6.07, 6.45) is 2.15. The lowest BCUT2D eigenvalue weighted by molar-refractivity contribution is -0.133. The minimum atomic E-state index is -0.0457. The molecule has 7 rings (SSSR count). The molecule has 248 valence electrons. The van der Waals surface area contributed by atoms with E-state index in [0.29, 0.717) is 43.3 Å². The minimum absolute atomic E-state index is 0.0154. The molecule has 2 amide bonds. The monoisotopic (exact) mass is 668 g/mol. The number of fused-ring (bicyclic) bond motifs is 3. The lowest BCUT2D eigenvalue weighted by atomic mass is 10.0. The van der Waals surface area contributed by atoms with E-state index in [0.717, 1.165) is 51.8 Å². The van der Waals surface area contributed by atoms with Gasteiger partial charge in [0.05, 0.1) is 5.52 Å². The van der Waals surface area contributed by atoms with Gasteiger partial charge in [-0.15, -0.1) is 10.2 Å². The normalized spacial score (nSPS) is 14.9. The predicted octanol–water partition coefficient (Wildman–Crippen LogP) is 7.64. The quantitative estimate of drug-likeness (QED) is 0.110. The Bertz CT molecular complexity index is 2100. The molecule has 9 heteroatoms. The van der Waals surface area contributed by atoms with Crippen LogP contribution in [-0.2, 0) is 11.3 Å². The molecule has 0 bridgehead atoms. The average Bonchev–Trinajstić information content (AvgIpc) is 3.44. The number of piperazine rings is 1. The fourth-order valence-electron chi connectivity index (χ4n) is 6.69. The van der Waals surface area contributed by atoms with Crippen LogP contribution in [0.2, 0.25) is 0 Å². The van der Waals surface area contributed by atoms with Crippen molar-refractivity contribution in [1.82, 2.24) is 29.5 Å². The second-order valence-corrected chi connectivity index (χ2v) is 13.9. The maximum atomic E-state index is 13.3. The number of aryl methyl sites for hydroxylation is 1. The van der Waals surface area contributed by atoms with Crippen LogP contribution in [0.5, 0.6) is 0 Å². The number of para-hydroxylation sites is 1. The molecule has 0 N–H and O–H groups in total. The lowest BCUT2D eigenvalue weighted by Gasteiger charge is -2.40. The number of benzene rings is 4. The summed E-state index contributed by atoms with van der Waals surface area (Å²) in [6.45, 7) is 6.49. The second kappa shape index (κ2) is 14.6. The Morgan fingerprint density at radius 1 is 0.837 bits per heavy atom. The second-order valence-electron chi connectivity index (χ2n) is 12.8. The molecule has 1 saturated heterocycles. The highest BCUT2D eigenvalue weighted by atomic mass is 32.2. The summed E-state index contributed by atoms with van der Waals surface area (Å²) in [6, 6.07) is 34.7. The van der Waals surface area contributed by atoms with Gasteiger partial charge in [0.15, 0.2) is 5.65 Å². The summed E-state index contributed by atoms with van der Waals surface area (Å²) in [5, 5.41) is 10.7. The molecule has 6 aromatic rings. The van der Waals surface area contributed by atoms with Gasteiger partial charge in [0.1, 0.15) is 5.52 Å². The molecule has 1 atom stereocenters. The average molecular weight is 669 g/mol. The Hall–Kier alpha value is -5.02. The summed E-state index contributed by atoms with van der Waals surface area (Å²) in [7, 11) is 0. The molecule has 2 aromatic heterocycles. The smallest absolute Gasteiger partial charge is 0.254 e. The van der Waals surface area contributed by atoms with E-state index in [1.54, 1.807) is 11.8 Å². The van der Waals surface area contributed by atoms with Crippen LogP contribution < -0.4 is 0 Å². The zero-order valence-electron chi connectivity index (χ0n) is 28.0. The molecule has 3 heterocycles. The van der Waals surface area contributed by atoms with E-state index in [1.165, 1.54) is 11.1 Å². The van der Waals surface area contributed by atoms with Gasteiger partial charge in [-0.1, -0.05) is 102 Å². The van der Waals surface area contributed by atoms with Crippen molar-refractivity contribution >= 4 is 45.6 Å². The first-order valence-electron chi connectivity index (χ1n) is 17.0. The van der Waals surface area contributed by atoms with Gasteiger partial charge in [0, 0.05) is 55.3 Å². The van der Waals surface area contributed by atoms with Crippen LogP contribution in [0, 0.1) is 6.92 Å². The molecule has 1 aliphatic rings. The molecule has 4 aromatic carbocycles. The van der Waals surface area contributed by atoms with E-state index in [-0.39, 0.29) is 17.9 Å². The fraction of sp³-hybridized carbons (Fsp3) is 0.275. The van der Waals surface area contributed by atoms with Gasteiger partial charge in [-0.25, -0.2) is 4.98 Å². The van der Waals surface area contributed by atoms with Crippen molar-refractivity contribution in [3.05, 3.63) is 120 Å².